The number of rotatable bonds is 6. The predicted octanol–water partition coefficient (Wildman–Crippen LogP) is 3.99. The fourth-order valence-corrected chi connectivity index (χ4v) is 7.01. The van der Waals surface area contributed by atoms with Crippen LogP contribution in [0.1, 0.15) is 38.5 Å². The van der Waals surface area contributed by atoms with Crippen molar-refractivity contribution < 1.29 is 9.53 Å². The van der Waals surface area contributed by atoms with Crippen molar-refractivity contribution in [2.45, 2.75) is 38.5 Å². The number of halogens is 2. The third-order valence-corrected chi connectivity index (χ3v) is 8.03. The smallest absolute Gasteiger partial charge is 0.226 e. The maximum Gasteiger partial charge on any atom is 0.226 e. The highest BCUT2D eigenvalue weighted by Crippen LogP contribution is 2.60. The van der Waals surface area contributed by atoms with Gasteiger partial charge in [-0.25, -0.2) is 0 Å². The minimum absolute atomic E-state index is 0. The number of carbonyl (C=O) groups is 1. The van der Waals surface area contributed by atoms with Gasteiger partial charge in [-0.05, 0) is 68.4 Å². The summed E-state index contributed by atoms with van der Waals surface area (Å²) in [5.41, 5.74) is 1.17. The first-order chi connectivity index (χ1) is 14.1. The van der Waals surface area contributed by atoms with Crippen molar-refractivity contribution in [3.05, 3.63) is 24.3 Å². The Bertz CT molecular complexity index is 717. The number of piperazine rings is 1. The van der Waals surface area contributed by atoms with Gasteiger partial charge in [0.25, 0.3) is 0 Å². The summed E-state index contributed by atoms with van der Waals surface area (Å²) in [7, 11) is 1.74. The molecule has 5 nitrogen and oxygen atoms in total. The summed E-state index contributed by atoms with van der Waals surface area (Å²) in [6, 6.07) is 8.26. The number of nitrogens with zero attached hydrogens (tertiary/aromatic N) is 2. The van der Waals surface area contributed by atoms with Gasteiger partial charge in [-0.15, -0.1) is 24.8 Å². The van der Waals surface area contributed by atoms with E-state index >= 15 is 0 Å². The van der Waals surface area contributed by atoms with Crippen LogP contribution < -0.4 is 15.0 Å². The Kier molecular flexibility index (Phi) is 8.04. The van der Waals surface area contributed by atoms with Gasteiger partial charge >= 0.3 is 0 Å². The lowest BCUT2D eigenvalue weighted by molar-refractivity contribution is -0.146. The molecule has 4 bridgehead atoms. The molecule has 0 atom stereocenters. The van der Waals surface area contributed by atoms with Crippen molar-refractivity contribution in [3.63, 3.8) is 0 Å². The lowest BCUT2D eigenvalue weighted by Gasteiger charge is -2.55. The normalized spacial score (nSPS) is 31.5. The molecule has 1 aromatic rings. The quantitative estimate of drug-likeness (QED) is 0.683. The van der Waals surface area contributed by atoms with E-state index in [1.165, 1.54) is 24.9 Å². The molecule has 4 aliphatic carbocycles. The number of amides is 1. The highest BCUT2D eigenvalue weighted by atomic mass is 35.5. The van der Waals surface area contributed by atoms with E-state index in [1.807, 2.05) is 12.1 Å². The molecule has 5 aliphatic rings. The standard InChI is InChI=1S/C24H35N3O2.2ClH/c1-29-22-5-3-2-4-21(22)27-10-8-26(9-11-27)7-6-25-23(28)24-15-18-12-19(16-24)14-20(13-18)17-24;;/h2-5,18-20H,6-17H2,1H3,(H,25,28);2*1H. The molecule has 4 saturated carbocycles. The van der Waals surface area contributed by atoms with Crippen molar-refractivity contribution in [3.8, 4) is 5.75 Å². The summed E-state index contributed by atoms with van der Waals surface area (Å²) in [4.78, 5) is 18.0. The number of hydrogen-bond donors (Lipinski definition) is 1. The molecular formula is C24H37Cl2N3O2. The Balaban J connectivity index is 0.00000136. The van der Waals surface area contributed by atoms with Crippen LogP contribution in [-0.2, 0) is 4.79 Å². The van der Waals surface area contributed by atoms with Crippen molar-refractivity contribution in [2.24, 2.45) is 23.2 Å². The van der Waals surface area contributed by atoms with Gasteiger partial charge in [0.2, 0.25) is 5.91 Å². The third-order valence-electron chi connectivity index (χ3n) is 8.03. The second-order valence-corrected chi connectivity index (χ2v) is 9.95. The van der Waals surface area contributed by atoms with Crippen molar-refractivity contribution in [1.29, 1.82) is 0 Å². The van der Waals surface area contributed by atoms with Crippen LogP contribution in [0.25, 0.3) is 0 Å². The summed E-state index contributed by atoms with van der Waals surface area (Å²) in [5, 5.41) is 3.33. The maximum absolute atomic E-state index is 13.1. The molecule has 174 valence electrons. The van der Waals surface area contributed by atoms with Gasteiger partial charge in [-0.3, -0.25) is 9.69 Å². The first-order valence-corrected chi connectivity index (χ1v) is 11.5. The van der Waals surface area contributed by atoms with Gasteiger partial charge in [-0.1, -0.05) is 12.1 Å². The monoisotopic (exact) mass is 469 g/mol. The van der Waals surface area contributed by atoms with Gasteiger partial charge in [0.15, 0.2) is 0 Å². The molecular weight excluding hydrogens is 433 g/mol. The molecule has 0 radical (unpaired) electrons. The van der Waals surface area contributed by atoms with Gasteiger partial charge in [-0.2, -0.15) is 0 Å². The van der Waals surface area contributed by atoms with E-state index in [4.69, 9.17) is 4.74 Å². The zero-order chi connectivity index (χ0) is 19.8. The highest BCUT2D eigenvalue weighted by Gasteiger charge is 2.54. The fraction of sp³-hybridized carbons (Fsp3) is 0.708. The van der Waals surface area contributed by atoms with E-state index in [0.717, 1.165) is 82.0 Å². The summed E-state index contributed by atoms with van der Waals surface area (Å²) >= 11 is 0. The van der Waals surface area contributed by atoms with Crippen LogP contribution in [-0.4, -0.2) is 57.2 Å². The Morgan fingerprint density at radius 2 is 1.58 bits per heavy atom. The van der Waals surface area contributed by atoms with E-state index < -0.39 is 0 Å². The molecule has 1 heterocycles. The minimum Gasteiger partial charge on any atom is -0.495 e. The van der Waals surface area contributed by atoms with Crippen molar-refractivity contribution in [2.75, 3.05) is 51.3 Å². The third kappa shape index (κ3) is 4.94. The highest BCUT2D eigenvalue weighted by molar-refractivity contribution is 5.85. The average Bonchev–Trinajstić information content (AvgIpc) is 2.73. The van der Waals surface area contributed by atoms with Gasteiger partial charge < -0.3 is 15.0 Å². The summed E-state index contributed by atoms with van der Waals surface area (Å²) in [6.45, 7) is 5.82. The minimum atomic E-state index is -0.0166. The Morgan fingerprint density at radius 3 is 2.16 bits per heavy atom. The fourth-order valence-electron chi connectivity index (χ4n) is 7.01. The molecule has 1 aliphatic heterocycles. The molecule has 1 aromatic carbocycles. The molecule has 1 amide bonds. The van der Waals surface area contributed by atoms with Gasteiger partial charge in [0.1, 0.15) is 5.75 Å². The molecule has 0 spiro atoms. The van der Waals surface area contributed by atoms with Gasteiger partial charge in [0.05, 0.1) is 12.8 Å². The van der Waals surface area contributed by atoms with Crippen molar-refractivity contribution in [1.82, 2.24) is 10.2 Å². The maximum atomic E-state index is 13.1. The Hall–Kier alpha value is -1.17. The van der Waals surface area contributed by atoms with E-state index in [2.05, 4.69) is 27.2 Å². The van der Waals surface area contributed by atoms with Gasteiger partial charge in [0, 0.05) is 44.7 Å². The summed E-state index contributed by atoms with van der Waals surface area (Å²) in [6.07, 6.45) is 7.64. The lowest BCUT2D eigenvalue weighted by Crippen LogP contribution is -2.54. The van der Waals surface area contributed by atoms with Crippen molar-refractivity contribution >= 4 is 36.4 Å². The molecule has 1 saturated heterocycles. The second-order valence-electron chi connectivity index (χ2n) is 9.95. The second kappa shape index (κ2) is 10.2. The topological polar surface area (TPSA) is 44.8 Å². The number of ether oxygens (including phenoxy) is 1. The zero-order valence-electron chi connectivity index (χ0n) is 18.6. The molecule has 0 unspecified atom stereocenters. The van der Waals surface area contributed by atoms with E-state index in [0.29, 0.717) is 5.91 Å². The van der Waals surface area contributed by atoms with Crippen LogP contribution in [0.3, 0.4) is 0 Å². The first kappa shape index (κ1) is 24.5. The number of benzene rings is 1. The molecule has 7 heteroatoms. The first-order valence-electron chi connectivity index (χ1n) is 11.5. The zero-order valence-corrected chi connectivity index (χ0v) is 20.2. The SMILES string of the molecule is COc1ccccc1N1CCN(CCNC(=O)C23CC4CC(CC(C4)C2)C3)CC1.Cl.Cl. The Labute approximate surface area is 199 Å². The predicted molar refractivity (Wildman–Crippen MR) is 130 cm³/mol. The van der Waals surface area contributed by atoms with E-state index in [1.54, 1.807) is 7.11 Å². The number of carbonyl (C=O) groups excluding carboxylic acids is 1. The number of nitrogens with one attached hydrogen (secondary N) is 1. The van der Waals surface area contributed by atoms with Crippen LogP contribution in [0.5, 0.6) is 5.75 Å². The summed E-state index contributed by atoms with van der Waals surface area (Å²) in [5.74, 6) is 3.80. The largest absolute Gasteiger partial charge is 0.495 e. The van der Waals surface area contributed by atoms with Crippen LogP contribution >= 0.6 is 24.8 Å². The lowest BCUT2D eigenvalue weighted by atomic mass is 9.49. The Morgan fingerprint density at radius 1 is 1.00 bits per heavy atom. The molecule has 0 aromatic heterocycles. The number of hydrogen-bond acceptors (Lipinski definition) is 4. The van der Waals surface area contributed by atoms with E-state index in [-0.39, 0.29) is 30.2 Å². The molecule has 5 fully saturated rings. The van der Waals surface area contributed by atoms with Crippen LogP contribution in [0.15, 0.2) is 24.3 Å². The van der Waals surface area contributed by atoms with Crippen LogP contribution in [0.2, 0.25) is 0 Å². The van der Waals surface area contributed by atoms with Crippen LogP contribution in [0.4, 0.5) is 5.69 Å². The molecule has 31 heavy (non-hydrogen) atoms. The van der Waals surface area contributed by atoms with Crippen LogP contribution in [0, 0.1) is 23.2 Å². The molecule has 6 rings (SSSR count). The summed E-state index contributed by atoms with van der Waals surface area (Å²) < 4.78 is 5.51. The number of para-hydroxylation sites is 2. The average molecular weight is 470 g/mol. The molecule has 1 N–H and O–H groups in total. The number of methoxy groups -OCH3 is 1. The number of anilines is 1. The van der Waals surface area contributed by atoms with E-state index in [9.17, 15) is 4.79 Å².